The summed E-state index contributed by atoms with van der Waals surface area (Å²) < 4.78 is 17.7. The van der Waals surface area contributed by atoms with Gasteiger partial charge >= 0.3 is 8.80 Å². The number of hydrogen-bond acceptors (Lipinski definition) is 5. The Hall–Kier alpha value is -0.663. The first-order valence-corrected chi connectivity index (χ1v) is 11.8. The summed E-state index contributed by atoms with van der Waals surface area (Å²) >= 11 is 1.86. The van der Waals surface area contributed by atoms with Crippen molar-refractivity contribution in [3.05, 3.63) is 35.4 Å². The summed E-state index contributed by atoms with van der Waals surface area (Å²) in [4.78, 5) is 12.1. The van der Waals surface area contributed by atoms with E-state index in [1.54, 1.807) is 0 Å². The summed E-state index contributed by atoms with van der Waals surface area (Å²) in [6.07, 6.45) is 1.60. The van der Waals surface area contributed by atoms with Crippen LogP contribution in [0.3, 0.4) is 0 Å². The zero-order valence-corrected chi connectivity index (χ0v) is 16.7. The lowest BCUT2D eigenvalue weighted by atomic mass is 10.1. The molecule has 1 aromatic carbocycles. The third-order valence-corrected chi connectivity index (χ3v) is 8.52. The molecule has 0 aromatic heterocycles. The molecule has 0 fully saturated rings. The van der Waals surface area contributed by atoms with Crippen molar-refractivity contribution in [2.45, 2.75) is 44.9 Å². The first kappa shape index (κ1) is 19.7. The molecule has 2 rings (SSSR count). The van der Waals surface area contributed by atoms with Crippen LogP contribution in [0.1, 0.15) is 54.8 Å². The van der Waals surface area contributed by atoms with Crippen molar-refractivity contribution < 1.29 is 18.1 Å². The zero-order valence-electron chi connectivity index (χ0n) is 14.9. The number of thioether (sulfide) groups is 1. The van der Waals surface area contributed by atoms with E-state index in [9.17, 15) is 4.79 Å². The lowest BCUT2D eigenvalue weighted by molar-refractivity contribution is 0.0712. The summed E-state index contributed by atoms with van der Waals surface area (Å²) in [5.74, 6) is 1.25. The van der Waals surface area contributed by atoms with Crippen molar-refractivity contribution in [1.29, 1.82) is 0 Å². The highest BCUT2D eigenvalue weighted by atomic mass is 32.2. The lowest BCUT2D eigenvalue weighted by Gasteiger charge is -2.28. The predicted octanol–water partition coefficient (Wildman–Crippen LogP) is 4.49. The van der Waals surface area contributed by atoms with Crippen LogP contribution in [-0.4, -0.2) is 40.2 Å². The Morgan fingerprint density at radius 1 is 1.08 bits per heavy atom. The number of Topliss-reactive ketones (excluding diaryl/α,β-unsaturated/α-hetero) is 1. The standard InChI is InChI=1S/C18H28O4SSi/c1-4-20-24(21-5-2,22-6-3)13-9-12-23-18-14-17(19)15-10-7-8-11-16(15)18/h7-8,10-11,18H,4-6,9,12-14H2,1-3H3. The maximum atomic E-state index is 12.1. The van der Waals surface area contributed by atoms with Gasteiger partial charge in [-0.2, -0.15) is 11.8 Å². The van der Waals surface area contributed by atoms with E-state index < -0.39 is 8.80 Å². The number of carbonyl (C=O) groups excluding carboxylic acids is 1. The maximum Gasteiger partial charge on any atom is 0.500 e. The predicted molar refractivity (Wildman–Crippen MR) is 101 cm³/mol. The van der Waals surface area contributed by atoms with Crippen LogP contribution in [0, 0.1) is 0 Å². The van der Waals surface area contributed by atoms with E-state index >= 15 is 0 Å². The fourth-order valence-corrected chi connectivity index (χ4v) is 7.20. The zero-order chi connectivity index (χ0) is 17.4. The van der Waals surface area contributed by atoms with Crippen molar-refractivity contribution in [2.75, 3.05) is 25.6 Å². The number of benzene rings is 1. The Balaban J connectivity index is 1.86. The molecule has 0 radical (unpaired) electrons. The molecule has 0 bridgehead atoms. The molecule has 1 aliphatic rings. The van der Waals surface area contributed by atoms with E-state index in [0.29, 0.717) is 26.2 Å². The van der Waals surface area contributed by atoms with E-state index in [1.165, 1.54) is 5.56 Å². The molecule has 1 aliphatic carbocycles. The summed E-state index contributed by atoms with van der Waals surface area (Å²) in [5, 5.41) is 0.288. The number of carbonyl (C=O) groups is 1. The average Bonchev–Trinajstić information content (AvgIpc) is 2.89. The van der Waals surface area contributed by atoms with Gasteiger partial charge < -0.3 is 13.3 Å². The molecule has 1 unspecified atom stereocenters. The van der Waals surface area contributed by atoms with Gasteiger partial charge in [0.2, 0.25) is 0 Å². The van der Waals surface area contributed by atoms with Crippen LogP contribution in [0.2, 0.25) is 6.04 Å². The number of ketones is 1. The highest BCUT2D eigenvalue weighted by molar-refractivity contribution is 7.99. The van der Waals surface area contributed by atoms with Gasteiger partial charge in [0, 0.05) is 43.1 Å². The van der Waals surface area contributed by atoms with Crippen molar-refractivity contribution >= 4 is 26.3 Å². The molecule has 24 heavy (non-hydrogen) atoms. The third-order valence-electron chi connectivity index (χ3n) is 4.02. The molecular formula is C18H28O4SSi. The molecule has 0 heterocycles. The van der Waals surface area contributed by atoms with Gasteiger partial charge in [-0.3, -0.25) is 4.79 Å². The summed E-state index contributed by atoms with van der Waals surface area (Å²) in [6, 6.07) is 8.81. The highest BCUT2D eigenvalue weighted by Gasteiger charge is 2.39. The smallest absolute Gasteiger partial charge is 0.374 e. The van der Waals surface area contributed by atoms with Gasteiger partial charge in [0.15, 0.2) is 5.78 Å². The molecule has 0 saturated carbocycles. The lowest BCUT2D eigenvalue weighted by Crippen LogP contribution is -2.46. The molecular weight excluding hydrogens is 340 g/mol. The van der Waals surface area contributed by atoms with E-state index in [-0.39, 0.29) is 11.0 Å². The molecule has 0 spiro atoms. The molecule has 6 heteroatoms. The molecule has 1 atom stereocenters. The van der Waals surface area contributed by atoms with Gasteiger partial charge in [0.25, 0.3) is 0 Å². The van der Waals surface area contributed by atoms with Crippen LogP contribution in [-0.2, 0) is 13.3 Å². The van der Waals surface area contributed by atoms with E-state index in [1.807, 2.05) is 50.7 Å². The second-order valence-corrected chi connectivity index (χ2v) is 9.70. The number of fused-ring (bicyclic) bond motifs is 1. The molecule has 1 aromatic rings. The van der Waals surface area contributed by atoms with Crippen molar-refractivity contribution in [2.24, 2.45) is 0 Å². The molecule has 134 valence electrons. The van der Waals surface area contributed by atoms with E-state index in [0.717, 1.165) is 23.8 Å². The number of hydrogen-bond donors (Lipinski definition) is 0. The molecule has 0 N–H and O–H groups in total. The normalized spacial score (nSPS) is 17.3. The van der Waals surface area contributed by atoms with Crippen LogP contribution in [0.15, 0.2) is 24.3 Å². The minimum atomic E-state index is -2.54. The second kappa shape index (κ2) is 9.72. The van der Waals surface area contributed by atoms with Crippen molar-refractivity contribution in [3.8, 4) is 0 Å². The maximum absolute atomic E-state index is 12.1. The van der Waals surface area contributed by atoms with E-state index in [2.05, 4.69) is 6.07 Å². The van der Waals surface area contributed by atoms with Crippen molar-refractivity contribution in [1.82, 2.24) is 0 Å². The monoisotopic (exact) mass is 368 g/mol. The van der Waals surface area contributed by atoms with Crippen molar-refractivity contribution in [3.63, 3.8) is 0 Å². The van der Waals surface area contributed by atoms with Gasteiger partial charge in [-0.1, -0.05) is 24.3 Å². The van der Waals surface area contributed by atoms with Crippen LogP contribution < -0.4 is 0 Å². The fraction of sp³-hybridized carbons (Fsp3) is 0.611. The molecule has 0 amide bonds. The largest absolute Gasteiger partial charge is 0.500 e. The third kappa shape index (κ3) is 4.92. The van der Waals surface area contributed by atoms with E-state index in [4.69, 9.17) is 13.3 Å². The van der Waals surface area contributed by atoms with Gasteiger partial charge in [-0.05, 0) is 38.5 Å². The van der Waals surface area contributed by atoms with Crippen LogP contribution >= 0.6 is 11.8 Å². The minimum Gasteiger partial charge on any atom is -0.374 e. The summed E-state index contributed by atoms with van der Waals surface area (Å²) in [5.41, 5.74) is 2.09. The fourth-order valence-electron chi connectivity index (χ4n) is 3.08. The van der Waals surface area contributed by atoms with Crippen LogP contribution in [0.25, 0.3) is 0 Å². The first-order chi connectivity index (χ1) is 11.7. The van der Waals surface area contributed by atoms with Gasteiger partial charge in [-0.15, -0.1) is 0 Å². The SMILES string of the molecule is CCO[Si](CCCSC1CC(=O)c2ccccc21)(OCC)OCC. The molecule has 0 saturated heterocycles. The second-order valence-electron chi connectivity index (χ2n) is 5.66. The first-order valence-electron chi connectivity index (χ1n) is 8.81. The topological polar surface area (TPSA) is 44.8 Å². The van der Waals surface area contributed by atoms with Gasteiger partial charge in [0.05, 0.1) is 0 Å². The van der Waals surface area contributed by atoms with Gasteiger partial charge in [-0.25, -0.2) is 0 Å². The molecule has 0 aliphatic heterocycles. The number of rotatable bonds is 11. The summed E-state index contributed by atoms with van der Waals surface area (Å²) in [7, 11) is -2.54. The Labute approximate surface area is 150 Å². The Morgan fingerprint density at radius 3 is 2.33 bits per heavy atom. The Kier molecular flexibility index (Phi) is 7.97. The quantitative estimate of drug-likeness (QED) is 0.425. The Morgan fingerprint density at radius 2 is 1.71 bits per heavy atom. The Bertz CT molecular complexity index is 520. The highest BCUT2D eigenvalue weighted by Crippen LogP contribution is 2.41. The van der Waals surface area contributed by atoms with Gasteiger partial charge in [0.1, 0.15) is 0 Å². The average molecular weight is 369 g/mol. The minimum absolute atomic E-state index is 0.268. The van der Waals surface area contributed by atoms with Crippen LogP contribution in [0.4, 0.5) is 0 Å². The van der Waals surface area contributed by atoms with Crippen LogP contribution in [0.5, 0.6) is 0 Å². The summed E-state index contributed by atoms with van der Waals surface area (Å²) in [6.45, 7) is 7.79. The molecule has 4 nitrogen and oxygen atoms in total.